The number of fused-ring (bicyclic) bond motifs is 1. The van der Waals surface area contributed by atoms with Gasteiger partial charge in [0.05, 0.1) is 17.7 Å². The van der Waals surface area contributed by atoms with Crippen LogP contribution in [-0.4, -0.2) is 53.1 Å². The van der Waals surface area contributed by atoms with Crippen molar-refractivity contribution in [3.63, 3.8) is 0 Å². The van der Waals surface area contributed by atoms with E-state index in [9.17, 15) is 19.2 Å². The van der Waals surface area contributed by atoms with Crippen LogP contribution < -0.4 is 5.32 Å². The Balaban J connectivity index is 1.49. The van der Waals surface area contributed by atoms with Crippen molar-refractivity contribution in [2.24, 2.45) is 0 Å². The molecule has 0 saturated carbocycles. The smallest absolute Gasteiger partial charge is 0.262 e. The molecule has 3 aromatic carbocycles. The van der Waals surface area contributed by atoms with Gasteiger partial charge in [-0.3, -0.25) is 24.1 Å². The minimum atomic E-state index is -1.08. The number of amides is 4. The molecule has 0 radical (unpaired) electrons. The van der Waals surface area contributed by atoms with E-state index in [1.807, 2.05) is 60.7 Å². The molecule has 1 aliphatic heterocycles. The van der Waals surface area contributed by atoms with Crippen molar-refractivity contribution >= 4 is 23.6 Å². The SMILES string of the molecule is CN(Cc1ccccc1)C(=O)CNC(=O)C(Cc1ccccc1)N1C(=O)c2ccccc2C1=O. The van der Waals surface area contributed by atoms with Crippen LogP contribution >= 0.6 is 0 Å². The number of likely N-dealkylation sites (N-methyl/N-ethyl adjacent to an activating group) is 1. The number of benzene rings is 3. The van der Waals surface area contributed by atoms with Crippen LogP contribution in [0.2, 0.25) is 0 Å². The molecule has 172 valence electrons. The normalized spacial score (nSPS) is 13.4. The number of carbonyl (C=O) groups excluding carboxylic acids is 4. The zero-order valence-electron chi connectivity index (χ0n) is 18.8. The summed E-state index contributed by atoms with van der Waals surface area (Å²) in [5.74, 6) is -1.86. The monoisotopic (exact) mass is 455 g/mol. The molecule has 0 fully saturated rings. The van der Waals surface area contributed by atoms with Gasteiger partial charge in [0.25, 0.3) is 11.8 Å². The maximum Gasteiger partial charge on any atom is 0.262 e. The van der Waals surface area contributed by atoms with Gasteiger partial charge in [-0.2, -0.15) is 0 Å². The van der Waals surface area contributed by atoms with Crippen molar-refractivity contribution in [2.45, 2.75) is 19.0 Å². The maximum absolute atomic E-state index is 13.2. The van der Waals surface area contributed by atoms with Crippen LogP contribution in [0, 0.1) is 0 Å². The van der Waals surface area contributed by atoms with Gasteiger partial charge in [-0.1, -0.05) is 72.8 Å². The summed E-state index contributed by atoms with van der Waals surface area (Å²) in [6, 6.07) is 24.1. The third-order valence-corrected chi connectivity index (χ3v) is 5.81. The lowest BCUT2D eigenvalue weighted by molar-refractivity contribution is -0.133. The molecule has 1 atom stereocenters. The summed E-state index contributed by atoms with van der Waals surface area (Å²) in [6.07, 6.45) is 0.145. The van der Waals surface area contributed by atoms with Crippen molar-refractivity contribution in [1.29, 1.82) is 0 Å². The van der Waals surface area contributed by atoms with Crippen LogP contribution in [0.1, 0.15) is 31.8 Å². The Bertz CT molecular complexity index is 1180. The average molecular weight is 456 g/mol. The zero-order valence-corrected chi connectivity index (χ0v) is 18.8. The van der Waals surface area contributed by atoms with E-state index < -0.39 is 23.8 Å². The summed E-state index contributed by atoms with van der Waals surface area (Å²) < 4.78 is 0. The molecule has 0 bridgehead atoms. The molecule has 1 heterocycles. The first-order valence-corrected chi connectivity index (χ1v) is 11.0. The van der Waals surface area contributed by atoms with Gasteiger partial charge in [-0.15, -0.1) is 0 Å². The molecule has 7 heteroatoms. The lowest BCUT2D eigenvalue weighted by Gasteiger charge is -2.26. The van der Waals surface area contributed by atoms with Gasteiger partial charge >= 0.3 is 0 Å². The largest absolute Gasteiger partial charge is 0.345 e. The van der Waals surface area contributed by atoms with Crippen molar-refractivity contribution in [3.05, 3.63) is 107 Å². The highest BCUT2D eigenvalue weighted by Crippen LogP contribution is 2.26. The van der Waals surface area contributed by atoms with E-state index in [1.165, 1.54) is 4.90 Å². The van der Waals surface area contributed by atoms with E-state index >= 15 is 0 Å². The molecular formula is C27H25N3O4. The Hall–Kier alpha value is -4.26. The zero-order chi connectivity index (χ0) is 24.1. The minimum absolute atomic E-state index is 0.145. The van der Waals surface area contributed by atoms with Gasteiger partial charge in [0, 0.05) is 20.0 Å². The third kappa shape index (κ3) is 4.88. The summed E-state index contributed by atoms with van der Waals surface area (Å²) in [6.45, 7) is 0.165. The van der Waals surface area contributed by atoms with Crippen LogP contribution in [-0.2, 0) is 22.6 Å². The Morgan fingerprint density at radius 1 is 0.794 bits per heavy atom. The van der Waals surface area contributed by atoms with Gasteiger partial charge < -0.3 is 10.2 Å². The number of hydrogen-bond acceptors (Lipinski definition) is 4. The van der Waals surface area contributed by atoms with Crippen molar-refractivity contribution in [1.82, 2.24) is 15.1 Å². The van der Waals surface area contributed by atoms with E-state index in [0.717, 1.165) is 16.0 Å². The van der Waals surface area contributed by atoms with E-state index in [0.29, 0.717) is 6.54 Å². The molecule has 7 nitrogen and oxygen atoms in total. The summed E-state index contributed by atoms with van der Waals surface area (Å²) in [7, 11) is 1.66. The standard InChI is InChI=1S/C27H25N3O4/c1-29(18-20-12-6-3-7-13-20)24(31)17-28-25(32)23(16-19-10-4-2-5-11-19)30-26(33)21-14-8-9-15-22(21)27(30)34/h2-15,23H,16-18H2,1H3,(H,28,32). The molecule has 3 aromatic rings. The second-order valence-electron chi connectivity index (χ2n) is 8.18. The molecule has 0 aromatic heterocycles. The molecule has 0 spiro atoms. The molecule has 0 aliphatic carbocycles. The fraction of sp³-hybridized carbons (Fsp3) is 0.185. The van der Waals surface area contributed by atoms with Crippen molar-refractivity contribution in [2.75, 3.05) is 13.6 Å². The number of rotatable bonds is 8. The minimum Gasteiger partial charge on any atom is -0.345 e. The number of imide groups is 1. The third-order valence-electron chi connectivity index (χ3n) is 5.81. The van der Waals surface area contributed by atoms with Crippen LogP contribution in [0.3, 0.4) is 0 Å². The number of nitrogens with one attached hydrogen (secondary N) is 1. The Labute approximate surface area is 198 Å². The summed E-state index contributed by atoms with van der Waals surface area (Å²) in [4.78, 5) is 54.5. The average Bonchev–Trinajstić information content (AvgIpc) is 3.12. The fourth-order valence-electron chi connectivity index (χ4n) is 3.99. The van der Waals surface area contributed by atoms with E-state index in [-0.39, 0.29) is 30.0 Å². The Kier molecular flexibility index (Phi) is 6.82. The molecular weight excluding hydrogens is 430 g/mol. The van der Waals surface area contributed by atoms with Crippen molar-refractivity contribution < 1.29 is 19.2 Å². The maximum atomic E-state index is 13.2. The van der Waals surface area contributed by atoms with Gasteiger partial charge in [0.15, 0.2) is 0 Å². The predicted molar refractivity (Wildman–Crippen MR) is 127 cm³/mol. The Morgan fingerprint density at radius 3 is 1.85 bits per heavy atom. The molecule has 4 amide bonds. The number of carbonyl (C=O) groups is 4. The highest BCUT2D eigenvalue weighted by molar-refractivity contribution is 6.22. The van der Waals surface area contributed by atoms with Crippen LogP contribution in [0.15, 0.2) is 84.9 Å². The van der Waals surface area contributed by atoms with Gasteiger partial charge in [0.1, 0.15) is 6.04 Å². The Morgan fingerprint density at radius 2 is 1.29 bits per heavy atom. The molecule has 1 aliphatic rings. The van der Waals surface area contributed by atoms with Gasteiger partial charge in [-0.05, 0) is 23.3 Å². The molecule has 0 saturated heterocycles. The number of hydrogen-bond donors (Lipinski definition) is 1. The summed E-state index contributed by atoms with van der Waals surface area (Å²) in [5, 5.41) is 2.64. The van der Waals surface area contributed by atoms with Crippen LogP contribution in [0.25, 0.3) is 0 Å². The van der Waals surface area contributed by atoms with Gasteiger partial charge in [0.2, 0.25) is 11.8 Å². The van der Waals surface area contributed by atoms with Crippen LogP contribution in [0.4, 0.5) is 0 Å². The lowest BCUT2D eigenvalue weighted by atomic mass is 10.0. The van der Waals surface area contributed by atoms with Crippen molar-refractivity contribution in [3.8, 4) is 0 Å². The topological polar surface area (TPSA) is 86.8 Å². The molecule has 4 rings (SSSR count). The first kappa shape index (κ1) is 22.9. The number of nitrogens with zero attached hydrogens (tertiary/aromatic N) is 2. The van der Waals surface area contributed by atoms with E-state index in [2.05, 4.69) is 5.32 Å². The molecule has 1 unspecified atom stereocenters. The summed E-state index contributed by atoms with van der Waals surface area (Å²) >= 11 is 0. The second-order valence-corrected chi connectivity index (χ2v) is 8.18. The summed E-state index contributed by atoms with van der Waals surface area (Å²) in [5.41, 5.74) is 2.32. The van der Waals surface area contributed by atoms with E-state index in [4.69, 9.17) is 0 Å². The van der Waals surface area contributed by atoms with E-state index in [1.54, 1.807) is 31.3 Å². The molecule has 1 N–H and O–H groups in total. The quantitative estimate of drug-likeness (QED) is 0.529. The first-order valence-electron chi connectivity index (χ1n) is 11.0. The highest BCUT2D eigenvalue weighted by Gasteiger charge is 2.42. The second kappa shape index (κ2) is 10.1. The van der Waals surface area contributed by atoms with Crippen LogP contribution in [0.5, 0.6) is 0 Å². The molecule has 34 heavy (non-hydrogen) atoms. The predicted octanol–water partition coefficient (Wildman–Crippen LogP) is 2.67. The van der Waals surface area contributed by atoms with Gasteiger partial charge in [-0.25, -0.2) is 0 Å². The first-order chi connectivity index (χ1) is 16.5. The fourth-order valence-corrected chi connectivity index (χ4v) is 3.99. The highest BCUT2D eigenvalue weighted by atomic mass is 16.2. The lowest BCUT2D eigenvalue weighted by Crippen LogP contribution is -2.52.